The molecule has 1 aliphatic carbocycles. The van der Waals surface area contributed by atoms with Crippen LogP contribution in [0.3, 0.4) is 0 Å². The first-order valence-electron chi connectivity index (χ1n) is 9.42. The number of hydrogen-bond acceptors (Lipinski definition) is 5. The average molecular weight is 394 g/mol. The Hall–Kier alpha value is -3.42. The Morgan fingerprint density at radius 1 is 1.10 bits per heavy atom. The van der Waals surface area contributed by atoms with Gasteiger partial charge in [-0.25, -0.2) is 9.78 Å². The topological polar surface area (TPSA) is 95.2 Å². The van der Waals surface area contributed by atoms with Crippen LogP contribution in [-0.4, -0.2) is 27.1 Å². The van der Waals surface area contributed by atoms with E-state index in [0.717, 1.165) is 28.7 Å². The van der Waals surface area contributed by atoms with Crippen LogP contribution in [0.25, 0.3) is 11.0 Å². The molecule has 1 fully saturated rings. The largest absolute Gasteiger partial charge is 0.497 e. The van der Waals surface area contributed by atoms with Gasteiger partial charge in [0, 0.05) is 14.1 Å². The molecule has 1 amide bonds. The summed E-state index contributed by atoms with van der Waals surface area (Å²) in [5, 5.41) is 3.35. The van der Waals surface area contributed by atoms with Gasteiger partial charge < -0.3 is 10.1 Å². The number of fused-ring (bicyclic) bond motifs is 1. The van der Waals surface area contributed by atoms with Crippen molar-refractivity contribution in [3.63, 3.8) is 0 Å². The monoisotopic (exact) mass is 394 g/mol. The maximum absolute atomic E-state index is 12.9. The van der Waals surface area contributed by atoms with Gasteiger partial charge in [0.1, 0.15) is 17.1 Å². The van der Waals surface area contributed by atoms with Crippen molar-refractivity contribution in [2.24, 2.45) is 20.0 Å². The third kappa shape index (κ3) is 3.41. The fourth-order valence-corrected chi connectivity index (χ4v) is 3.51. The molecule has 0 spiro atoms. The quantitative estimate of drug-likeness (QED) is 0.708. The highest BCUT2D eigenvalue weighted by Crippen LogP contribution is 2.41. The number of pyridine rings is 1. The van der Waals surface area contributed by atoms with Crippen LogP contribution >= 0.6 is 0 Å². The Morgan fingerprint density at radius 3 is 2.41 bits per heavy atom. The summed E-state index contributed by atoms with van der Waals surface area (Å²) in [5.41, 5.74) is 0.445. The maximum atomic E-state index is 12.9. The molecule has 0 radical (unpaired) electrons. The lowest BCUT2D eigenvalue weighted by atomic mass is 10.0. The Labute approximate surface area is 166 Å². The summed E-state index contributed by atoms with van der Waals surface area (Å²) >= 11 is 0. The second kappa shape index (κ2) is 7.20. The molecule has 1 N–H and O–H groups in total. The zero-order valence-electron chi connectivity index (χ0n) is 16.5. The molecular formula is C21H22N4O4. The number of amides is 1. The van der Waals surface area contributed by atoms with E-state index in [1.165, 1.54) is 24.7 Å². The lowest BCUT2D eigenvalue weighted by Crippen LogP contribution is -2.37. The predicted octanol–water partition coefficient (Wildman–Crippen LogP) is 1.52. The van der Waals surface area contributed by atoms with Crippen LogP contribution in [0.2, 0.25) is 0 Å². The van der Waals surface area contributed by atoms with Gasteiger partial charge in [0.15, 0.2) is 0 Å². The van der Waals surface area contributed by atoms with E-state index in [1.54, 1.807) is 13.2 Å². The van der Waals surface area contributed by atoms with Crippen LogP contribution in [0.5, 0.6) is 5.75 Å². The predicted molar refractivity (Wildman–Crippen MR) is 108 cm³/mol. The van der Waals surface area contributed by atoms with Gasteiger partial charge in [0.05, 0.1) is 18.5 Å². The average Bonchev–Trinajstić information content (AvgIpc) is 3.59. The Balaban J connectivity index is 1.67. The molecule has 1 aromatic carbocycles. The van der Waals surface area contributed by atoms with Crippen LogP contribution in [0.4, 0.5) is 0 Å². The summed E-state index contributed by atoms with van der Waals surface area (Å²) in [6, 6.07) is 10.6. The smallest absolute Gasteiger partial charge is 0.332 e. The third-order valence-corrected chi connectivity index (χ3v) is 5.39. The first kappa shape index (κ1) is 18.9. The number of carbonyl (C=O) groups is 1. The summed E-state index contributed by atoms with van der Waals surface area (Å²) in [7, 11) is 4.56. The normalized spacial score (nSPS) is 14.6. The van der Waals surface area contributed by atoms with E-state index >= 15 is 0 Å². The fraction of sp³-hybridized carbons (Fsp3) is 0.333. The third-order valence-electron chi connectivity index (χ3n) is 5.39. The molecule has 1 atom stereocenters. The lowest BCUT2D eigenvalue weighted by molar-refractivity contribution is 0.0927. The van der Waals surface area contributed by atoms with Gasteiger partial charge in [-0.1, -0.05) is 12.1 Å². The van der Waals surface area contributed by atoms with Gasteiger partial charge in [0.25, 0.3) is 11.5 Å². The van der Waals surface area contributed by atoms with Crippen molar-refractivity contribution in [3.05, 3.63) is 68.5 Å². The SMILES string of the molecule is COc1ccc(C(NC(=O)c2ccc3c(=O)n(C)c(=O)n(C)c3n2)C2CC2)cc1. The minimum absolute atomic E-state index is 0.127. The molecule has 2 aromatic heterocycles. The molecule has 3 aromatic rings. The van der Waals surface area contributed by atoms with Crippen molar-refractivity contribution in [1.82, 2.24) is 19.4 Å². The molecule has 1 unspecified atom stereocenters. The first-order chi connectivity index (χ1) is 13.9. The van der Waals surface area contributed by atoms with Crippen LogP contribution in [-0.2, 0) is 14.1 Å². The molecule has 1 aliphatic rings. The van der Waals surface area contributed by atoms with Crippen molar-refractivity contribution in [1.29, 1.82) is 0 Å². The summed E-state index contributed by atoms with van der Waals surface area (Å²) in [6.45, 7) is 0. The van der Waals surface area contributed by atoms with Crippen LogP contribution in [0.1, 0.15) is 34.9 Å². The highest BCUT2D eigenvalue weighted by atomic mass is 16.5. The van der Waals surface area contributed by atoms with Gasteiger partial charge in [0.2, 0.25) is 0 Å². The van der Waals surface area contributed by atoms with Crippen LogP contribution in [0, 0.1) is 5.92 Å². The summed E-state index contributed by atoms with van der Waals surface area (Å²) in [6.07, 6.45) is 2.10. The van der Waals surface area contributed by atoms with E-state index < -0.39 is 11.2 Å². The van der Waals surface area contributed by atoms with Crippen molar-refractivity contribution in [2.45, 2.75) is 18.9 Å². The number of hydrogen-bond donors (Lipinski definition) is 1. The highest BCUT2D eigenvalue weighted by Gasteiger charge is 2.34. The summed E-state index contributed by atoms with van der Waals surface area (Å²) < 4.78 is 7.50. The molecule has 1 saturated carbocycles. The van der Waals surface area contributed by atoms with Crippen molar-refractivity contribution < 1.29 is 9.53 Å². The lowest BCUT2D eigenvalue weighted by Gasteiger charge is -2.19. The molecule has 0 bridgehead atoms. The first-order valence-corrected chi connectivity index (χ1v) is 9.42. The number of aryl methyl sites for hydroxylation is 1. The minimum Gasteiger partial charge on any atom is -0.497 e. The number of nitrogens with one attached hydrogen (secondary N) is 1. The van der Waals surface area contributed by atoms with Gasteiger partial charge in [-0.3, -0.25) is 18.7 Å². The Kier molecular flexibility index (Phi) is 4.70. The second-order valence-corrected chi connectivity index (χ2v) is 7.34. The standard InChI is InChI=1S/C21H22N4O4/c1-24-18-15(20(27)25(2)21(24)28)10-11-16(22-18)19(26)23-17(12-4-5-12)13-6-8-14(29-3)9-7-13/h6-12,17H,4-5H2,1-3H3,(H,23,26). The zero-order valence-corrected chi connectivity index (χ0v) is 16.5. The zero-order chi connectivity index (χ0) is 20.7. The molecule has 4 rings (SSSR count). The molecule has 2 heterocycles. The number of aromatic nitrogens is 3. The van der Waals surface area contributed by atoms with Crippen LogP contribution in [0.15, 0.2) is 46.0 Å². The fourth-order valence-electron chi connectivity index (χ4n) is 3.51. The number of rotatable bonds is 5. The van der Waals surface area contributed by atoms with Crippen molar-refractivity contribution in [2.75, 3.05) is 7.11 Å². The Morgan fingerprint density at radius 2 is 1.79 bits per heavy atom. The van der Waals surface area contributed by atoms with E-state index in [4.69, 9.17) is 4.74 Å². The van der Waals surface area contributed by atoms with E-state index in [9.17, 15) is 14.4 Å². The molecule has 29 heavy (non-hydrogen) atoms. The number of methoxy groups -OCH3 is 1. The van der Waals surface area contributed by atoms with Gasteiger partial charge in [-0.05, 0) is 48.6 Å². The Bertz CT molecular complexity index is 1210. The number of carbonyl (C=O) groups excluding carboxylic acids is 1. The van der Waals surface area contributed by atoms with Gasteiger partial charge >= 0.3 is 5.69 Å². The maximum Gasteiger partial charge on any atom is 0.332 e. The van der Waals surface area contributed by atoms with Crippen LogP contribution < -0.4 is 21.3 Å². The van der Waals surface area contributed by atoms with E-state index in [1.807, 2.05) is 24.3 Å². The molecule has 150 valence electrons. The van der Waals surface area contributed by atoms with Crippen molar-refractivity contribution >= 4 is 16.9 Å². The number of nitrogens with zero attached hydrogens (tertiary/aromatic N) is 3. The summed E-state index contributed by atoms with van der Waals surface area (Å²) in [4.78, 5) is 41.7. The highest BCUT2D eigenvalue weighted by molar-refractivity contribution is 5.94. The van der Waals surface area contributed by atoms with Gasteiger partial charge in [-0.2, -0.15) is 0 Å². The number of ether oxygens (including phenoxy) is 1. The molecule has 8 nitrogen and oxygen atoms in total. The molecule has 8 heteroatoms. The van der Waals surface area contributed by atoms with E-state index in [-0.39, 0.29) is 23.3 Å². The molecule has 0 aliphatic heterocycles. The van der Waals surface area contributed by atoms with Gasteiger partial charge in [-0.15, -0.1) is 0 Å². The molecular weight excluding hydrogens is 372 g/mol. The minimum atomic E-state index is -0.485. The molecule has 0 saturated heterocycles. The number of benzene rings is 1. The van der Waals surface area contributed by atoms with Crippen molar-refractivity contribution in [3.8, 4) is 5.75 Å². The second-order valence-electron chi connectivity index (χ2n) is 7.34. The summed E-state index contributed by atoms with van der Waals surface area (Å²) in [5.74, 6) is 0.797. The van der Waals surface area contributed by atoms with E-state index in [2.05, 4.69) is 10.3 Å². The van der Waals surface area contributed by atoms with E-state index in [0.29, 0.717) is 11.3 Å².